The average molecular weight is 268 g/mol. The van der Waals surface area contributed by atoms with E-state index < -0.39 is 0 Å². The van der Waals surface area contributed by atoms with Gasteiger partial charge in [-0.25, -0.2) is 0 Å². The topological polar surface area (TPSA) is 115 Å². The van der Waals surface area contributed by atoms with Gasteiger partial charge >= 0.3 is 6.01 Å². The van der Waals surface area contributed by atoms with E-state index in [1.165, 1.54) is 0 Å². The molecule has 0 atom stereocenters. The van der Waals surface area contributed by atoms with Crippen LogP contribution in [0.15, 0.2) is 0 Å². The van der Waals surface area contributed by atoms with Gasteiger partial charge in [-0.2, -0.15) is 15.0 Å². The second kappa shape index (κ2) is 8.06. The Hall–Kier alpha value is -2.12. The summed E-state index contributed by atoms with van der Waals surface area (Å²) >= 11 is 0. The van der Waals surface area contributed by atoms with Gasteiger partial charge in [-0.3, -0.25) is 4.79 Å². The molecule has 0 aliphatic rings. The molecule has 0 radical (unpaired) electrons. The fourth-order valence-electron chi connectivity index (χ4n) is 1.28. The van der Waals surface area contributed by atoms with E-state index in [0.29, 0.717) is 32.1 Å². The molecular formula is C11H20N6O2. The highest BCUT2D eigenvalue weighted by Gasteiger charge is 2.06. The number of carbonyl (C=O) groups is 1. The van der Waals surface area contributed by atoms with E-state index in [1.807, 2.05) is 13.8 Å². The van der Waals surface area contributed by atoms with Crippen LogP contribution in [-0.4, -0.2) is 40.6 Å². The van der Waals surface area contributed by atoms with Crippen LogP contribution < -0.4 is 21.1 Å². The largest absolute Gasteiger partial charge is 0.463 e. The minimum absolute atomic E-state index is 0.0283. The van der Waals surface area contributed by atoms with Gasteiger partial charge in [0.2, 0.25) is 17.8 Å². The van der Waals surface area contributed by atoms with Crippen molar-refractivity contribution >= 4 is 17.8 Å². The summed E-state index contributed by atoms with van der Waals surface area (Å²) in [6.45, 7) is 5.41. The number of carbonyl (C=O) groups excluding carboxylic acids is 1. The minimum atomic E-state index is -0.0283. The van der Waals surface area contributed by atoms with Crippen molar-refractivity contribution in [3.05, 3.63) is 0 Å². The molecule has 8 heteroatoms. The molecular weight excluding hydrogens is 248 g/mol. The van der Waals surface area contributed by atoms with Crippen molar-refractivity contribution in [2.75, 3.05) is 30.7 Å². The highest BCUT2D eigenvalue weighted by molar-refractivity contribution is 5.76. The maximum absolute atomic E-state index is 11.3. The van der Waals surface area contributed by atoms with Crippen LogP contribution in [0.3, 0.4) is 0 Å². The fraction of sp³-hybridized carbons (Fsp3) is 0.636. The van der Waals surface area contributed by atoms with Crippen molar-refractivity contribution in [1.82, 2.24) is 20.3 Å². The summed E-state index contributed by atoms with van der Waals surface area (Å²) in [5.41, 5.74) is 5.55. The zero-order valence-electron chi connectivity index (χ0n) is 11.3. The number of nitrogens with two attached hydrogens (primary N) is 1. The third-order valence-electron chi connectivity index (χ3n) is 2.08. The smallest absolute Gasteiger partial charge is 0.323 e. The normalized spacial score (nSPS) is 10.0. The average Bonchev–Trinajstić information content (AvgIpc) is 2.36. The number of nitrogen functional groups attached to an aromatic ring is 1. The summed E-state index contributed by atoms with van der Waals surface area (Å²) in [5, 5.41) is 5.61. The van der Waals surface area contributed by atoms with Gasteiger partial charge in [0.1, 0.15) is 0 Å². The van der Waals surface area contributed by atoms with Crippen LogP contribution in [0.5, 0.6) is 6.01 Å². The zero-order chi connectivity index (χ0) is 14.1. The molecule has 1 rings (SSSR count). The van der Waals surface area contributed by atoms with Crippen LogP contribution in [-0.2, 0) is 4.79 Å². The predicted molar refractivity (Wildman–Crippen MR) is 71.8 cm³/mol. The van der Waals surface area contributed by atoms with Crippen LogP contribution in [0.2, 0.25) is 0 Å². The maximum Gasteiger partial charge on any atom is 0.323 e. The van der Waals surface area contributed by atoms with Crippen molar-refractivity contribution in [3.8, 4) is 6.01 Å². The highest BCUT2D eigenvalue weighted by Crippen LogP contribution is 2.08. The lowest BCUT2D eigenvalue weighted by Crippen LogP contribution is -2.25. The Balaban J connectivity index is 2.48. The first kappa shape index (κ1) is 14.9. The molecule has 0 saturated carbocycles. The van der Waals surface area contributed by atoms with E-state index in [-0.39, 0.29) is 17.9 Å². The van der Waals surface area contributed by atoms with E-state index in [0.717, 1.165) is 6.42 Å². The number of amides is 1. The molecule has 0 bridgehead atoms. The summed E-state index contributed by atoms with van der Waals surface area (Å²) in [6.07, 6.45) is 1.19. The minimum Gasteiger partial charge on any atom is -0.463 e. The molecule has 0 aliphatic heterocycles. The first-order chi connectivity index (χ1) is 9.15. The third kappa shape index (κ3) is 5.84. The molecule has 0 saturated heterocycles. The van der Waals surface area contributed by atoms with Crippen LogP contribution in [0.1, 0.15) is 26.7 Å². The first-order valence-corrected chi connectivity index (χ1v) is 6.30. The summed E-state index contributed by atoms with van der Waals surface area (Å²) in [6, 6.07) is 0.190. The lowest BCUT2D eigenvalue weighted by atomic mass is 10.4. The summed E-state index contributed by atoms with van der Waals surface area (Å²) in [4.78, 5) is 23.1. The standard InChI is InChI=1S/C11H20N6O2/c1-3-7-19-11-16-9(12)15-10(17-11)14-6-5-8(18)13-4-2/h3-7H2,1-2H3,(H,13,18)(H3,12,14,15,16,17). The second-order valence-electron chi connectivity index (χ2n) is 3.78. The number of nitrogens with zero attached hydrogens (tertiary/aromatic N) is 3. The molecule has 1 aromatic rings. The van der Waals surface area contributed by atoms with Gasteiger partial charge in [0.15, 0.2) is 0 Å². The van der Waals surface area contributed by atoms with E-state index in [4.69, 9.17) is 10.5 Å². The molecule has 4 N–H and O–H groups in total. The van der Waals surface area contributed by atoms with Crippen LogP contribution in [0, 0.1) is 0 Å². The molecule has 0 fully saturated rings. The summed E-state index contributed by atoms with van der Waals surface area (Å²) in [7, 11) is 0. The molecule has 0 unspecified atom stereocenters. The van der Waals surface area contributed by atoms with Crippen molar-refractivity contribution in [1.29, 1.82) is 0 Å². The zero-order valence-corrected chi connectivity index (χ0v) is 11.3. The number of ether oxygens (including phenoxy) is 1. The molecule has 1 aromatic heterocycles. The molecule has 1 amide bonds. The number of nitrogens with one attached hydrogen (secondary N) is 2. The van der Waals surface area contributed by atoms with Crippen molar-refractivity contribution < 1.29 is 9.53 Å². The lowest BCUT2D eigenvalue weighted by molar-refractivity contribution is -0.120. The number of anilines is 2. The van der Waals surface area contributed by atoms with Gasteiger partial charge in [0, 0.05) is 19.5 Å². The van der Waals surface area contributed by atoms with Crippen LogP contribution in [0.4, 0.5) is 11.9 Å². The SMILES string of the molecule is CCCOc1nc(N)nc(NCCC(=O)NCC)n1. The Kier molecular flexibility index (Phi) is 6.34. The number of hydrogen-bond acceptors (Lipinski definition) is 7. The Morgan fingerprint density at radius 3 is 2.79 bits per heavy atom. The molecule has 19 heavy (non-hydrogen) atoms. The Morgan fingerprint density at radius 2 is 2.11 bits per heavy atom. The van der Waals surface area contributed by atoms with Crippen molar-refractivity contribution in [3.63, 3.8) is 0 Å². The van der Waals surface area contributed by atoms with Gasteiger partial charge in [-0.1, -0.05) is 6.92 Å². The van der Waals surface area contributed by atoms with E-state index >= 15 is 0 Å². The van der Waals surface area contributed by atoms with Gasteiger partial charge in [-0.15, -0.1) is 0 Å². The van der Waals surface area contributed by atoms with Gasteiger partial charge in [0.25, 0.3) is 0 Å². The molecule has 0 aliphatic carbocycles. The van der Waals surface area contributed by atoms with Crippen molar-refractivity contribution in [2.24, 2.45) is 0 Å². The second-order valence-corrected chi connectivity index (χ2v) is 3.78. The summed E-state index contributed by atoms with van der Waals surface area (Å²) < 4.78 is 5.28. The van der Waals surface area contributed by atoms with E-state index in [9.17, 15) is 4.79 Å². The Bertz CT molecular complexity index is 412. The van der Waals surface area contributed by atoms with Gasteiger partial charge < -0.3 is 21.1 Å². The van der Waals surface area contributed by atoms with E-state index in [1.54, 1.807) is 0 Å². The number of aromatic nitrogens is 3. The molecule has 0 aromatic carbocycles. The first-order valence-electron chi connectivity index (χ1n) is 6.30. The Morgan fingerprint density at radius 1 is 1.32 bits per heavy atom. The Labute approximate surface area is 112 Å². The number of hydrogen-bond donors (Lipinski definition) is 3. The molecule has 1 heterocycles. The quantitative estimate of drug-likeness (QED) is 0.616. The monoisotopic (exact) mass is 268 g/mol. The van der Waals surface area contributed by atoms with E-state index in [2.05, 4.69) is 25.6 Å². The third-order valence-corrected chi connectivity index (χ3v) is 2.08. The predicted octanol–water partition coefficient (Wildman–Crippen LogP) is 0.181. The van der Waals surface area contributed by atoms with Crippen LogP contribution in [0.25, 0.3) is 0 Å². The molecule has 0 spiro atoms. The van der Waals surface area contributed by atoms with Gasteiger partial charge in [-0.05, 0) is 13.3 Å². The maximum atomic E-state index is 11.3. The lowest BCUT2D eigenvalue weighted by Gasteiger charge is -2.07. The molecule has 106 valence electrons. The van der Waals surface area contributed by atoms with Crippen LogP contribution >= 0.6 is 0 Å². The molecule has 8 nitrogen and oxygen atoms in total. The fourth-order valence-corrected chi connectivity index (χ4v) is 1.28. The number of rotatable bonds is 8. The highest BCUT2D eigenvalue weighted by atomic mass is 16.5. The van der Waals surface area contributed by atoms with Crippen molar-refractivity contribution in [2.45, 2.75) is 26.7 Å². The van der Waals surface area contributed by atoms with Gasteiger partial charge in [0.05, 0.1) is 6.61 Å². The summed E-state index contributed by atoms with van der Waals surface area (Å²) in [5.74, 6) is 0.365.